The SMILES string of the molecule is O=CC(F)(F)F.c1cncc(CNC2CCC(Oc3ccc4cnccc4c3)CC2)c1. The van der Waals surface area contributed by atoms with Gasteiger partial charge in [0.15, 0.2) is 0 Å². The molecule has 1 saturated carbocycles. The summed E-state index contributed by atoms with van der Waals surface area (Å²) in [6.45, 7) is 0.892. The molecule has 1 aromatic carbocycles. The minimum atomic E-state index is -4.64. The summed E-state index contributed by atoms with van der Waals surface area (Å²) in [7, 11) is 0. The third kappa shape index (κ3) is 7.64. The van der Waals surface area contributed by atoms with Gasteiger partial charge in [-0.25, -0.2) is 0 Å². The summed E-state index contributed by atoms with van der Waals surface area (Å²) in [5.41, 5.74) is 1.24. The van der Waals surface area contributed by atoms with E-state index in [4.69, 9.17) is 9.53 Å². The molecule has 31 heavy (non-hydrogen) atoms. The first-order valence-electron chi connectivity index (χ1n) is 10.1. The Kier molecular flexibility index (Phi) is 7.94. The van der Waals surface area contributed by atoms with Crippen molar-refractivity contribution in [1.82, 2.24) is 15.3 Å². The highest BCUT2D eigenvalue weighted by molar-refractivity contribution is 5.82. The topological polar surface area (TPSA) is 64.1 Å². The number of aromatic nitrogens is 2. The summed E-state index contributed by atoms with van der Waals surface area (Å²) in [6.07, 6.45) is 6.57. The van der Waals surface area contributed by atoms with Crippen LogP contribution in [-0.2, 0) is 11.3 Å². The van der Waals surface area contributed by atoms with Gasteiger partial charge in [-0.3, -0.25) is 14.8 Å². The molecule has 0 amide bonds. The smallest absolute Gasteiger partial charge is 0.446 e. The fraction of sp³-hybridized carbons (Fsp3) is 0.348. The Labute approximate surface area is 178 Å². The number of nitrogens with zero attached hydrogens (tertiary/aromatic N) is 2. The van der Waals surface area contributed by atoms with E-state index in [1.165, 1.54) is 10.9 Å². The number of ether oxygens (including phenoxy) is 1. The molecule has 8 heteroatoms. The number of carbonyl (C=O) groups is 1. The minimum Gasteiger partial charge on any atom is -0.490 e. The number of halogens is 3. The summed E-state index contributed by atoms with van der Waals surface area (Å²) in [5.74, 6) is 0.963. The van der Waals surface area contributed by atoms with Crippen molar-refractivity contribution in [3.8, 4) is 5.75 Å². The number of pyridine rings is 2. The number of fused-ring (bicyclic) bond motifs is 1. The Balaban J connectivity index is 0.000000401. The van der Waals surface area contributed by atoms with Gasteiger partial charge in [-0.2, -0.15) is 13.2 Å². The van der Waals surface area contributed by atoms with Crippen LogP contribution in [-0.4, -0.2) is 34.6 Å². The molecule has 4 rings (SSSR count). The molecule has 0 atom stereocenters. The molecule has 0 bridgehead atoms. The van der Waals surface area contributed by atoms with Crippen LogP contribution in [0, 0.1) is 0 Å². The molecule has 0 aliphatic heterocycles. The summed E-state index contributed by atoms with van der Waals surface area (Å²) < 4.78 is 37.5. The van der Waals surface area contributed by atoms with Gasteiger partial charge in [0.2, 0.25) is 6.29 Å². The molecule has 5 nitrogen and oxygen atoms in total. The number of rotatable bonds is 5. The van der Waals surface area contributed by atoms with Gasteiger partial charge in [-0.15, -0.1) is 0 Å². The second kappa shape index (κ2) is 10.9. The van der Waals surface area contributed by atoms with Crippen molar-refractivity contribution >= 4 is 17.1 Å². The molecule has 1 aliphatic carbocycles. The average molecular weight is 431 g/mol. The number of alkyl halides is 3. The second-order valence-corrected chi connectivity index (χ2v) is 7.38. The number of carbonyl (C=O) groups excluding carboxylic acids is 1. The zero-order valence-electron chi connectivity index (χ0n) is 16.9. The number of nitrogens with one attached hydrogen (secondary N) is 1. The van der Waals surface area contributed by atoms with Crippen molar-refractivity contribution in [1.29, 1.82) is 0 Å². The molecular weight excluding hydrogens is 407 g/mol. The van der Waals surface area contributed by atoms with E-state index < -0.39 is 12.5 Å². The van der Waals surface area contributed by atoms with Crippen LogP contribution in [0.3, 0.4) is 0 Å². The van der Waals surface area contributed by atoms with Crippen molar-refractivity contribution in [2.24, 2.45) is 0 Å². The fourth-order valence-corrected chi connectivity index (χ4v) is 3.48. The lowest BCUT2D eigenvalue weighted by Gasteiger charge is -2.29. The molecule has 0 unspecified atom stereocenters. The minimum absolute atomic E-state index is 0.315. The molecule has 2 aromatic heterocycles. The number of benzene rings is 1. The van der Waals surface area contributed by atoms with Crippen molar-refractivity contribution in [3.05, 3.63) is 66.7 Å². The molecule has 1 N–H and O–H groups in total. The van der Waals surface area contributed by atoms with E-state index in [-0.39, 0.29) is 0 Å². The van der Waals surface area contributed by atoms with Gasteiger partial charge >= 0.3 is 6.18 Å². The van der Waals surface area contributed by atoms with Crippen LogP contribution in [0.4, 0.5) is 13.2 Å². The van der Waals surface area contributed by atoms with Crippen LogP contribution < -0.4 is 10.1 Å². The first-order valence-corrected chi connectivity index (χ1v) is 10.1. The molecule has 0 spiro atoms. The van der Waals surface area contributed by atoms with Crippen molar-refractivity contribution in [2.45, 2.75) is 50.6 Å². The highest BCUT2D eigenvalue weighted by Crippen LogP contribution is 2.26. The van der Waals surface area contributed by atoms with Gasteiger partial charge in [0.1, 0.15) is 5.75 Å². The van der Waals surface area contributed by atoms with Gasteiger partial charge < -0.3 is 10.1 Å². The van der Waals surface area contributed by atoms with Gasteiger partial charge in [0.25, 0.3) is 0 Å². The first kappa shape index (κ1) is 22.7. The van der Waals surface area contributed by atoms with Crippen LogP contribution >= 0.6 is 0 Å². The summed E-state index contributed by atoms with van der Waals surface area (Å²) in [5, 5.41) is 5.97. The Morgan fingerprint density at radius 2 is 1.74 bits per heavy atom. The zero-order valence-corrected chi connectivity index (χ0v) is 16.9. The number of hydrogen-bond acceptors (Lipinski definition) is 5. The Morgan fingerprint density at radius 3 is 2.42 bits per heavy atom. The predicted octanol–water partition coefficient (Wildman–Crippen LogP) is 4.86. The highest BCUT2D eigenvalue weighted by atomic mass is 19.4. The van der Waals surface area contributed by atoms with Gasteiger partial charge in [0.05, 0.1) is 6.10 Å². The average Bonchev–Trinajstić information content (AvgIpc) is 2.79. The van der Waals surface area contributed by atoms with E-state index in [1.54, 1.807) is 0 Å². The van der Waals surface area contributed by atoms with E-state index in [2.05, 4.69) is 39.6 Å². The van der Waals surface area contributed by atoms with E-state index >= 15 is 0 Å². The van der Waals surface area contributed by atoms with Gasteiger partial charge in [0, 0.05) is 42.8 Å². The molecule has 3 aromatic rings. The van der Waals surface area contributed by atoms with Gasteiger partial charge in [-0.05, 0) is 67.0 Å². The quantitative estimate of drug-likeness (QED) is 0.585. The normalized spacial score (nSPS) is 18.7. The molecule has 164 valence electrons. The maximum atomic E-state index is 10.4. The maximum Gasteiger partial charge on any atom is 0.446 e. The van der Waals surface area contributed by atoms with E-state index in [9.17, 15) is 13.2 Å². The van der Waals surface area contributed by atoms with Gasteiger partial charge in [-0.1, -0.05) is 6.07 Å². The zero-order chi connectivity index (χ0) is 22.1. The van der Waals surface area contributed by atoms with Crippen molar-refractivity contribution < 1.29 is 22.7 Å². The van der Waals surface area contributed by atoms with Crippen LogP contribution in [0.2, 0.25) is 0 Å². The van der Waals surface area contributed by atoms with E-state index in [0.717, 1.165) is 43.4 Å². The third-order valence-corrected chi connectivity index (χ3v) is 5.04. The molecule has 1 aliphatic rings. The Morgan fingerprint density at radius 1 is 1.00 bits per heavy atom. The summed E-state index contributed by atoms with van der Waals surface area (Å²) >= 11 is 0. The van der Waals surface area contributed by atoms with Crippen LogP contribution in [0.5, 0.6) is 5.75 Å². The molecule has 2 heterocycles. The molecule has 0 saturated heterocycles. The largest absolute Gasteiger partial charge is 0.490 e. The Bertz CT molecular complexity index is 959. The van der Waals surface area contributed by atoms with Crippen molar-refractivity contribution in [2.75, 3.05) is 0 Å². The van der Waals surface area contributed by atoms with E-state index in [0.29, 0.717) is 12.1 Å². The third-order valence-electron chi connectivity index (χ3n) is 5.04. The monoisotopic (exact) mass is 431 g/mol. The van der Waals surface area contributed by atoms with Crippen molar-refractivity contribution in [3.63, 3.8) is 0 Å². The number of aldehydes is 1. The summed E-state index contributed by atoms with van der Waals surface area (Å²) in [4.78, 5) is 17.0. The molecular formula is C23H24F3N3O2. The predicted molar refractivity (Wildman–Crippen MR) is 112 cm³/mol. The second-order valence-electron chi connectivity index (χ2n) is 7.38. The highest BCUT2D eigenvalue weighted by Gasteiger charge is 2.25. The number of hydrogen-bond donors (Lipinski definition) is 1. The van der Waals surface area contributed by atoms with E-state index in [1.807, 2.05) is 36.9 Å². The lowest BCUT2D eigenvalue weighted by Crippen LogP contribution is -2.35. The summed E-state index contributed by atoms with van der Waals surface area (Å²) in [6, 6.07) is 13.0. The standard InChI is InChI=1S/C21H23N3O.C2HF3O/c1-2-16(13-22-10-1)14-24-19-4-7-20(8-5-19)25-21-6-3-18-15-23-11-9-17(18)12-21;3-2(4,5)1-6/h1-3,6,9-13,15,19-20,24H,4-5,7-8,14H2;1H. The fourth-order valence-electron chi connectivity index (χ4n) is 3.48. The van der Waals surface area contributed by atoms with Crippen LogP contribution in [0.1, 0.15) is 31.2 Å². The lowest BCUT2D eigenvalue weighted by molar-refractivity contribution is -0.156. The maximum absolute atomic E-state index is 10.4. The molecule has 1 fully saturated rings. The first-order chi connectivity index (χ1) is 14.9. The van der Waals surface area contributed by atoms with Crippen LogP contribution in [0.15, 0.2) is 61.2 Å². The van der Waals surface area contributed by atoms with Crippen LogP contribution in [0.25, 0.3) is 10.8 Å². The lowest BCUT2D eigenvalue weighted by atomic mass is 9.92. The Hall–Kier alpha value is -3.00. The molecule has 0 radical (unpaired) electrons.